The van der Waals surface area contributed by atoms with Crippen molar-refractivity contribution in [1.29, 1.82) is 0 Å². The fraction of sp³-hybridized carbons (Fsp3) is 0.235. The van der Waals surface area contributed by atoms with Gasteiger partial charge in [0, 0.05) is 11.8 Å². The van der Waals surface area contributed by atoms with Gasteiger partial charge < -0.3 is 5.11 Å². The lowest BCUT2D eigenvalue weighted by atomic mass is 10.0. The Kier molecular flexibility index (Phi) is 3.36. The van der Waals surface area contributed by atoms with Crippen LogP contribution in [-0.4, -0.2) is 28.9 Å². The third kappa shape index (κ3) is 2.12. The average molecular weight is 342 g/mol. The van der Waals surface area contributed by atoms with Crippen LogP contribution in [0, 0.1) is 0 Å². The Bertz CT molecular complexity index is 909. The zero-order chi connectivity index (χ0) is 17.0. The molecule has 2 aromatic rings. The van der Waals surface area contributed by atoms with Crippen LogP contribution in [0.1, 0.15) is 34.2 Å². The van der Waals surface area contributed by atoms with Crippen LogP contribution in [0.25, 0.3) is 10.8 Å². The smallest absolute Gasteiger partial charge is 0.259 e. The summed E-state index contributed by atoms with van der Waals surface area (Å²) in [4.78, 5) is 38.0. The Morgan fingerprint density at radius 2 is 2.04 bits per heavy atom. The minimum Gasteiger partial charge on any atom is -0.378 e. The molecule has 2 N–H and O–H groups in total. The summed E-state index contributed by atoms with van der Waals surface area (Å²) in [6, 6.07) is 8.12. The molecule has 24 heavy (non-hydrogen) atoms. The van der Waals surface area contributed by atoms with Gasteiger partial charge in [0.05, 0.1) is 11.3 Å². The molecule has 122 valence electrons. The van der Waals surface area contributed by atoms with Gasteiger partial charge in [0.15, 0.2) is 0 Å². The van der Waals surface area contributed by atoms with E-state index in [0.717, 1.165) is 10.8 Å². The van der Waals surface area contributed by atoms with E-state index in [1.807, 2.05) is 6.07 Å². The van der Waals surface area contributed by atoms with Gasteiger partial charge in [0.1, 0.15) is 11.5 Å². The van der Waals surface area contributed by atoms with Crippen LogP contribution in [0.15, 0.2) is 30.3 Å². The molecule has 1 saturated heterocycles. The number of benzene rings is 2. The molecular weight excluding hydrogens is 328 g/mol. The third-order valence-corrected chi connectivity index (χ3v) is 4.80. The Balaban J connectivity index is 1.86. The number of hydrogen-bond acceptors (Lipinski definition) is 5. The van der Waals surface area contributed by atoms with Crippen molar-refractivity contribution in [2.75, 3.05) is 4.90 Å². The lowest BCUT2D eigenvalue weighted by Gasteiger charge is -2.30. The second-order valence-electron chi connectivity index (χ2n) is 5.96. The standard InChI is InChI=1S/C17H14N2O4S/c20-13-5-4-12(15(21)18-13)19-11-3-1-2-8-6-9(17(23)24)7-10(14(8)11)16(19)22/h1-3,6-7,12,17,23-24H,4-5H2,(H,18,20,21). The number of carbonyl (C=O) groups is 3. The Hall–Kier alpha value is -2.38. The topological polar surface area (TPSA) is 86.7 Å². The van der Waals surface area contributed by atoms with Crippen LogP contribution in [-0.2, 0) is 9.59 Å². The molecule has 0 aliphatic carbocycles. The molecule has 2 aliphatic heterocycles. The number of aliphatic hydroxyl groups is 1. The Morgan fingerprint density at radius 1 is 1.25 bits per heavy atom. The van der Waals surface area contributed by atoms with Crippen LogP contribution in [0.4, 0.5) is 5.69 Å². The highest BCUT2D eigenvalue weighted by Crippen LogP contribution is 2.41. The molecule has 4 rings (SSSR count). The van der Waals surface area contributed by atoms with Gasteiger partial charge in [-0.25, -0.2) is 0 Å². The van der Waals surface area contributed by atoms with E-state index in [9.17, 15) is 19.5 Å². The monoisotopic (exact) mass is 342 g/mol. The maximum atomic E-state index is 12.9. The van der Waals surface area contributed by atoms with Crippen molar-refractivity contribution in [2.24, 2.45) is 0 Å². The number of nitrogens with one attached hydrogen (secondary N) is 1. The molecular formula is C17H14N2O4S. The number of nitrogens with zero attached hydrogens (tertiary/aromatic N) is 1. The predicted molar refractivity (Wildman–Crippen MR) is 90.9 cm³/mol. The van der Waals surface area contributed by atoms with E-state index in [0.29, 0.717) is 23.2 Å². The number of imide groups is 1. The minimum absolute atomic E-state index is 0.202. The first-order valence-electron chi connectivity index (χ1n) is 7.57. The summed E-state index contributed by atoms with van der Waals surface area (Å²) in [5.41, 5.74) is 0.626. The van der Waals surface area contributed by atoms with Gasteiger partial charge in [0.25, 0.3) is 5.91 Å². The van der Waals surface area contributed by atoms with Crippen LogP contribution >= 0.6 is 12.6 Å². The van der Waals surface area contributed by atoms with Crippen LogP contribution in [0.2, 0.25) is 0 Å². The van der Waals surface area contributed by atoms with Gasteiger partial charge in [-0.1, -0.05) is 12.1 Å². The molecule has 0 radical (unpaired) electrons. The molecule has 2 aromatic carbocycles. The fourth-order valence-corrected chi connectivity index (χ4v) is 3.58. The first-order valence-corrected chi connectivity index (χ1v) is 8.09. The molecule has 0 saturated carbocycles. The molecule has 0 spiro atoms. The molecule has 3 amide bonds. The molecule has 2 heterocycles. The molecule has 2 atom stereocenters. The second kappa shape index (κ2) is 5.32. The third-order valence-electron chi connectivity index (χ3n) is 4.51. The first-order chi connectivity index (χ1) is 11.5. The summed E-state index contributed by atoms with van der Waals surface area (Å²) in [5, 5.41) is 13.6. The maximum Gasteiger partial charge on any atom is 0.259 e. The fourth-order valence-electron chi connectivity index (χ4n) is 3.43. The summed E-state index contributed by atoms with van der Waals surface area (Å²) in [6.45, 7) is 0. The molecule has 7 heteroatoms. The predicted octanol–water partition coefficient (Wildman–Crippen LogP) is 1.53. The molecule has 0 bridgehead atoms. The molecule has 0 aromatic heterocycles. The number of thiol groups is 1. The van der Waals surface area contributed by atoms with Gasteiger partial charge in [-0.15, -0.1) is 12.6 Å². The highest BCUT2D eigenvalue weighted by atomic mass is 32.1. The van der Waals surface area contributed by atoms with E-state index < -0.39 is 17.4 Å². The Morgan fingerprint density at radius 3 is 2.75 bits per heavy atom. The van der Waals surface area contributed by atoms with E-state index in [1.54, 1.807) is 24.3 Å². The van der Waals surface area contributed by atoms with Crippen LogP contribution < -0.4 is 10.2 Å². The molecule has 2 unspecified atom stereocenters. The second-order valence-corrected chi connectivity index (χ2v) is 6.45. The number of anilines is 1. The van der Waals surface area contributed by atoms with Crippen molar-refractivity contribution in [3.63, 3.8) is 0 Å². The number of carbonyl (C=O) groups excluding carboxylic acids is 3. The first kappa shape index (κ1) is 15.2. The number of rotatable bonds is 2. The van der Waals surface area contributed by atoms with Gasteiger partial charge in [-0.3, -0.25) is 24.6 Å². The highest BCUT2D eigenvalue weighted by Gasteiger charge is 2.40. The van der Waals surface area contributed by atoms with Gasteiger partial charge in [-0.2, -0.15) is 0 Å². The van der Waals surface area contributed by atoms with Crippen molar-refractivity contribution < 1.29 is 19.5 Å². The molecule has 2 aliphatic rings. The van der Waals surface area contributed by atoms with E-state index in [4.69, 9.17) is 0 Å². The summed E-state index contributed by atoms with van der Waals surface area (Å²) in [7, 11) is 0. The zero-order valence-corrected chi connectivity index (χ0v) is 13.4. The van der Waals surface area contributed by atoms with E-state index >= 15 is 0 Å². The SMILES string of the molecule is O=C1CCC(N2C(=O)c3cc(C(O)S)cc4cccc2c34)C(=O)N1. The van der Waals surface area contributed by atoms with E-state index in [2.05, 4.69) is 17.9 Å². The normalized spacial score (nSPS) is 21.3. The number of aliphatic hydroxyl groups excluding tert-OH is 1. The lowest BCUT2D eigenvalue weighted by molar-refractivity contribution is -0.134. The summed E-state index contributed by atoms with van der Waals surface area (Å²) >= 11 is 4.02. The average Bonchev–Trinajstić information content (AvgIpc) is 2.82. The molecule has 1 fully saturated rings. The highest BCUT2D eigenvalue weighted by molar-refractivity contribution is 7.80. The quantitative estimate of drug-likeness (QED) is 0.439. The van der Waals surface area contributed by atoms with Crippen LogP contribution in [0.3, 0.4) is 0 Å². The van der Waals surface area contributed by atoms with Gasteiger partial charge >= 0.3 is 0 Å². The summed E-state index contributed by atoms with van der Waals surface area (Å²) in [6.07, 6.45) is 0.496. The van der Waals surface area contributed by atoms with Crippen molar-refractivity contribution >= 4 is 46.8 Å². The van der Waals surface area contributed by atoms with Gasteiger partial charge in [0.2, 0.25) is 11.8 Å². The number of piperidine rings is 1. The van der Waals surface area contributed by atoms with Gasteiger partial charge in [-0.05, 0) is 35.6 Å². The summed E-state index contributed by atoms with van der Waals surface area (Å²) < 4.78 is 0. The Labute approximate surface area is 142 Å². The summed E-state index contributed by atoms with van der Waals surface area (Å²) in [5.74, 6) is -1.08. The van der Waals surface area contributed by atoms with E-state index in [-0.39, 0.29) is 18.2 Å². The largest absolute Gasteiger partial charge is 0.378 e. The number of amides is 3. The van der Waals surface area contributed by atoms with Crippen molar-refractivity contribution in [3.8, 4) is 0 Å². The van der Waals surface area contributed by atoms with Crippen molar-refractivity contribution in [3.05, 3.63) is 41.5 Å². The molecule has 6 nitrogen and oxygen atoms in total. The zero-order valence-electron chi connectivity index (χ0n) is 12.5. The van der Waals surface area contributed by atoms with Crippen LogP contribution in [0.5, 0.6) is 0 Å². The minimum atomic E-state index is -0.994. The number of hydrogen-bond donors (Lipinski definition) is 3. The van der Waals surface area contributed by atoms with E-state index in [1.165, 1.54) is 4.90 Å². The lowest BCUT2D eigenvalue weighted by Crippen LogP contribution is -2.53. The maximum absolute atomic E-state index is 12.9. The van der Waals surface area contributed by atoms with Crippen molar-refractivity contribution in [1.82, 2.24) is 5.32 Å². The van der Waals surface area contributed by atoms with Crippen molar-refractivity contribution in [2.45, 2.75) is 24.3 Å².